The third-order valence-corrected chi connectivity index (χ3v) is 8.49. The molecule has 5 N–H and O–H groups in total. The van der Waals surface area contributed by atoms with E-state index in [0.29, 0.717) is 38.3 Å². The van der Waals surface area contributed by atoms with Crippen LogP contribution in [0.4, 0.5) is 10.6 Å². The van der Waals surface area contributed by atoms with Gasteiger partial charge in [0.25, 0.3) is 0 Å². The molecule has 1 saturated heterocycles. The molecule has 11 heteroatoms. The van der Waals surface area contributed by atoms with Crippen molar-refractivity contribution in [2.45, 2.75) is 76.5 Å². The molecule has 2 saturated carbocycles. The Balaban J connectivity index is 1.17. The number of carbonyl (C=O) groups excluding carboxylic acids is 2. The second-order valence-electron chi connectivity index (χ2n) is 12.5. The van der Waals surface area contributed by atoms with E-state index >= 15 is 0 Å². The smallest absolute Gasteiger partial charge is 0.338 e. The molecule has 1 aromatic carbocycles. The van der Waals surface area contributed by atoms with Crippen molar-refractivity contribution in [2.24, 2.45) is 17.4 Å². The number of nitrogens with one attached hydrogen (secondary N) is 1. The third kappa shape index (κ3) is 7.52. The van der Waals surface area contributed by atoms with Crippen LogP contribution in [-0.2, 0) is 11.3 Å². The predicted octanol–water partition coefficient (Wildman–Crippen LogP) is 2.13. The largest absolute Gasteiger partial charge is 0.354 e. The first-order valence-corrected chi connectivity index (χ1v) is 14.9. The Morgan fingerprint density at radius 3 is 2.20 bits per heavy atom. The zero-order chi connectivity index (χ0) is 29.1. The van der Waals surface area contributed by atoms with Crippen molar-refractivity contribution in [2.75, 3.05) is 38.0 Å². The fraction of sp³-hybridized carbons (Fsp3) is 0.600. The van der Waals surface area contributed by atoms with Crippen LogP contribution in [0.1, 0.15) is 57.9 Å². The molecule has 0 bridgehead atoms. The summed E-state index contributed by atoms with van der Waals surface area (Å²) in [6, 6.07) is 10.3. The monoisotopic (exact) mass is 564 g/mol. The summed E-state index contributed by atoms with van der Waals surface area (Å²) in [6.07, 6.45) is 8.82. The van der Waals surface area contributed by atoms with Gasteiger partial charge in [-0.2, -0.15) is 4.98 Å². The first-order chi connectivity index (χ1) is 19.6. The van der Waals surface area contributed by atoms with Gasteiger partial charge in [-0.25, -0.2) is 9.59 Å². The number of piperazine rings is 1. The number of anilines is 1. The number of rotatable bonds is 8. The van der Waals surface area contributed by atoms with Gasteiger partial charge < -0.3 is 21.3 Å². The molecular weight excluding hydrogens is 520 g/mol. The maximum atomic E-state index is 12.8. The Labute approximate surface area is 241 Å². The van der Waals surface area contributed by atoms with Gasteiger partial charge in [0, 0.05) is 57.5 Å². The summed E-state index contributed by atoms with van der Waals surface area (Å²) in [4.78, 5) is 48.0. The number of amides is 3. The van der Waals surface area contributed by atoms with E-state index in [1.54, 1.807) is 35.9 Å². The third-order valence-electron chi connectivity index (χ3n) is 8.49. The summed E-state index contributed by atoms with van der Waals surface area (Å²) in [5, 5.41) is 2.71. The lowest BCUT2D eigenvalue weighted by Gasteiger charge is -2.37. The summed E-state index contributed by atoms with van der Waals surface area (Å²) >= 11 is 0. The highest BCUT2D eigenvalue weighted by Crippen LogP contribution is 2.33. The van der Waals surface area contributed by atoms with E-state index in [4.69, 9.17) is 11.5 Å². The highest BCUT2D eigenvalue weighted by molar-refractivity contribution is 5.89. The van der Waals surface area contributed by atoms with Crippen molar-refractivity contribution in [1.29, 1.82) is 0 Å². The molecule has 0 radical (unpaired) electrons. The fourth-order valence-corrected chi connectivity index (χ4v) is 5.82. The molecule has 3 fully saturated rings. The van der Waals surface area contributed by atoms with Crippen LogP contribution in [0.5, 0.6) is 0 Å². The lowest BCUT2D eigenvalue weighted by Crippen LogP contribution is -2.58. The van der Waals surface area contributed by atoms with Crippen LogP contribution >= 0.6 is 0 Å². The van der Waals surface area contributed by atoms with Gasteiger partial charge in [0.2, 0.25) is 5.91 Å². The number of aromatic nitrogens is 2. The van der Waals surface area contributed by atoms with Crippen LogP contribution in [0.25, 0.3) is 5.69 Å². The van der Waals surface area contributed by atoms with E-state index < -0.39 is 11.2 Å². The Hall–Kier alpha value is -3.28. The van der Waals surface area contributed by atoms with Gasteiger partial charge in [0.1, 0.15) is 5.82 Å². The highest BCUT2D eigenvalue weighted by Gasteiger charge is 2.32. The van der Waals surface area contributed by atoms with Crippen LogP contribution in [-0.4, -0.2) is 86.5 Å². The van der Waals surface area contributed by atoms with Gasteiger partial charge in [-0.05, 0) is 82.1 Å². The van der Waals surface area contributed by atoms with Gasteiger partial charge in [-0.1, -0.05) is 12.1 Å². The minimum Gasteiger partial charge on any atom is -0.338 e. The summed E-state index contributed by atoms with van der Waals surface area (Å²) in [5.41, 5.74) is 12.6. The van der Waals surface area contributed by atoms with Crippen molar-refractivity contribution in [3.05, 3.63) is 52.6 Å². The van der Waals surface area contributed by atoms with Crippen molar-refractivity contribution in [3.63, 3.8) is 0 Å². The minimum absolute atomic E-state index is 0.138. The predicted molar refractivity (Wildman–Crippen MR) is 159 cm³/mol. The Morgan fingerprint density at radius 2 is 1.61 bits per heavy atom. The first kappa shape index (κ1) is 29.2. The Kier molecular flexibility index (Phi) is 8.77. The van der Waals surface area contributed by atoms with Crippen LogP contribution in [0.15, 0.2) is 41.3 Å². The molecule has 222 valence electrons. The number of urea groups is 1. The molecule has 5 rings (SSSR count). The SMILES string of the molecule is CC(C)(N)C(=O)N1CCN(C(=O)Nc2ccn(-c3ccc(CN(CC4CC4)[C@H]4CC[C@H](N)CC4)cc3)c(=O)n2)CC1. The molecular formula is C30H44N8O3. The molecule has 2 aliphatic carbocycles. The molecule has 0 spiro atoms. The molecule has 1 aliphatic heterocycles. The minimum atomic E-state index is -0.945. The van der Waals surface area contributed by atoms with Crippen molar-refractivity contribution >= 4 is 17.8 Å². The highest BCUT2D eigenvalue weighted by atomic mass is 16.2. The molecule has 3 aliphatic rings. The molecule has 2 heterocycles. The van der Waals surface area contributed by atoms with Crippen LogP contribution in [0.3, 0.4) is 0 Å². The first-order valence-electron chi connectivity index (χ1n) is 14.9. The molecule has 2 aromatic rings. The molecule has 0 unspecified atom stereocenters. The molecule has 41 heavy (non-hydrogen) atoms. The van der Waals surface area contributed by atoms with Crippen molar-refractivity contribution in [1.82, 2.24) is 24.3 Å². The number of carbonyl (C=O) groups is 2. The number of benzene rings is 1. The van der Waals surface area contributed by atoms with Gasteiger partial charge in [-0.3, -0.25) is 19.6 Å². The Morgan fingerprint density at radius 1 is 0.976 bits per heavy atom. The summed E-state index contributed by atoms with van der Waals surface area (Å²) in [5.74, 6) is 0.879. The summed E-state index contributed by atoms with van der Waals surface area (Å²) < 4.78 is 1.48. The average Bonchev–Trinajstić information content (AvgIpc) is 3.77. The van der Waals surface area contributed by atoms with Crippen molar-refractivity contribution in [3.8, 4) is 5.69 Å². The van der Waals surface area contributed by atoms with Crippen molar-refractivity contribution < 1.29 is 9.59 Å². The number of nitrogens with zero attached hydrogens (tertiary/aromatic N) is 5. The topological polar surface area (TPSA) is 143 Å². The molecule has 1 aromatic heterocycles. The lowest BCUT2D eigenvalue weighted by molar-refractivity contribution is -0.137. The van der Waals surface area contributed by atoms with Gasteiger partial charge in [0.05, 0.1) is 11.2 Å². The van der Waals surface area contributed by atoms with E-state index in [9.17, 15) is 14.4 Å². The van der Waals surface area contributed by atoms with E-state index in [-0.39, 0.29) is 17.8 Å². The van der Waals surface area contributed by atoms with E-state index in [0.717, 1.165) is 37.5 Å². The lowest BCUT2D eigenvalue weighted by atomic mass is 9.90. The zero-order valence-electron chi connectivity index (χ0n) is 24.3. The molecule has 11 nitrogen and oxygen atoms in total. The van der Waals surface area contributed by atoms with E-state index in [2.05, 4.69) is 27.3 Å². The zero-order valence-corrected chi connectivity index (χ0v) is 24.3. The maximum absolute atomic E-state index is 12.8. The average molecular weight is 565 g/mol. The fourth-order valence-electron chi connectivity index (χ4n) is 5.82. The molecule has 0 atom stereocenters. The van der Waals surface area contributed by atoms with Gasteiger partial charge in [-0.15, -0.1) is 0 Å². The summed E-state index contributed by atoms with van der Waals surface area (Å²) in [6.45, 7) is 6.98. The standard InChI is InChI=1S/C30H44N8O3/c1-30(2,32)27(39)35-15-17-36(18-16-35)28(40)33-26-13-14-38(29(41)34-26)25-9-5-22(6-10-25)20-37(19-21-3-4-21)24-11-7-23(31)8-12-24/h5-6,9-10,13-14,21,23-24H,3-4,7-8,11-12,15-20,31-32H2,1-2H3,(H,33,34,40,41)/t23-,24-. The van der Waals surface area contributed by atoms with Gasteiger partial charge >= 0.3 is 11.7 Å². The van der Waals surface area contributed by atoms with Crippen LogP contribution in [0, 0.1) is 5.92 Å². The molecule has 3 amide bonds. The normalized spacial score (nSPS) is 21.7. The van der Waals surface area contributed by atoms with E-state index in [1.807, 2.05) is 12.1 Å². The Bertz CT molecular complexity index is 1270. The second kappa shape index (κ2) is 12.3. The maximum Gasteiger partial charge on any atom is 0.354 e. The second-order valence-corrected chi connectivity index (χ2v) is 12.5. The summed E-state index contributed by atoms with van der Waals surface area (Å²) in [7, 11) is 0. The number of nitrogens with two attached hydrogens (primary N) is 2. The van der Waals surface area contributed by atoms with E-state index in [1.165, 1.54) is 35.8 Å². The van der Waals surface area contributed by atoms with Crippen LogP contribution in [0.2, 0.25) is 0 Å². The number of hydrogen-bond donors (Lipinski definition) is 3. The van der Waals surface area contributed by atoms with Crippen LogP contribution < -0.4 is 22.5 Å². The quantitative estimate of drug-likeness (QED) is 0.446. The number of hydrogen-bond acceptors (Lipinski definition) is 7. The van der Waals surface area contributed by atoms with Gasteiger partial charge in [0.15, 0.2) is 0 Å².